The predicted octanol–water partition coefficient (Wildman–Crippen LogP) is 9.75. The van der Waals surface area contributed by atoms with Crippen molar-refractivity contribution in [1.29, 1.82) is 0 Å². The molecule has 428 valence electrons. The molecule has 0 bridgehead atoms. The van der Waals surface area contributed by atoms with E-state index in [0.717, 1.165) is 16.5 Å². The number of carbonyl (C=O) groups is 4. The van der Waals surface area contributed by atoms with Gasteiger partial charge in [0.1, 0.15) is 17.3 Å². The zero-order valence-corrected chi connectivity index (χ0v) is 48.2. The fraction of sp³-hybridized carbons (Fsp3) is 0.540. The number of benzene rings is 3. The molecule has 1 aromatic heterocycles. The number of rotatable bonds is 15. The number of pyridine rings is 1. The van der Waals surface area contributed by atoms with Crippen LogP contribution >= 0.6 is 0 Å². The molecule has 2 saturated heterocycles. The van der Waals surface area contributed by atoms with E-state index in [4.69, 9.17) is 42.6 Å². The Morgan fingerprint density at radius 1 is 0.810 bits per heavy atom. The van der Waals surface area contributed by atoms with Crippen LogP contribution in [0.25, 0.3) is 17.0 Å². The van der Waals surface area contributed by atoms with E-state index < -0.39 is 102 Å². The van der Waals surface area contributed by atoms with Crippen LogP contribution in [0.1, 0.15) is 121 Å². The van der Waals surface area contributed by atoms with Gasteiger partial charge in [0, 0.05) is 36.9 Å². The number of hydrogen-bond acceptors (Lipinski definition) is 16. The lowest BCUT2D eigenvalue weighted by atomic mass is 9.76. The number of ketones is 1. The number of aliphatic hydroxyl groups is 1. The summed E-state index contributed by atoms with van der Waals surface area (Å²) >= 11 is 0. The molecule has 2 fully saturated rings. The van der Waals surface area contributed by atoms with Gasteiger partial charge in [0.15, 0.2) is 30.6 Å². The van der Waals surface area contributed by atoms with Crippen molar-refractivity contribution in [2.75, 3.05) is 27.8 Å². The fourth-order valence-corrected chi connectivity index (χ4v) is 11.7. The summed E-state index contributed by atoms with van der Waals surface area (Å²) in [6, 6.07) is 26.8. The molecule has 3 aliphatic rings. The zero-order valence-electron chi connectivity index (χ0n) is 48.2. The molecule has 0 aliphatic carbocycles. The summed E-state index contributed by atoms with van der Waals surface area (Å²) in [5.74, 6) is -4.78. The molecule has 1 N–H and O–H groups in total. The van der Waals surface area contributed by atoms with Gasteiger partial charge in [0.05, 0.1) is 65.2 Å². The summed E-state index contributed by atoms with van der Waals surface area (Å²) in [7, 11) is 5.35. The van der Waals surface area contributed by atoms with E-state index in [9.17, 15) is 24.3 Å². The van der Waals surface area contributed by atoms with Crippen LogP contribution in [0.3, 0.4) is 0 Å². The maximum atomic E-state index is 14.9. The Bertz CT molecular complexity index is 2770. The van der Waals surface area contributed by atoms with E-state index in [1.165, 1.54) is 20.1 Å². The first-order valence-electron chi connectivity index (χ1n) is 27.6. The van der Waals surface area contributed by atoms with Crippen LogP contribution in [-0.2, 0) is 52.2 Å². The summed E-state index contributed by atoms with van der Waals surface area (Å²) < 4.78 is 60.2. The second kappa shape index (κ2) is 26.3. The average Bonchev–Trinajstić information content (AvgIpc) is 3.45. The molecule has 3 aromatic carbocycles. The number of allylic oxidation sites excluding steroid dienone is 1. The first-order chi connectivity index (χ1) is 37.5. The van der Waals surface area contributed by atoms with Crippen LogP contribution < -0.4 is 0 Å². The summed E-state index contributed by atoms with van der Waals surface area (Å²) in [4.78, 5) is 63.9. The summed E-state index contributed by atoms with van der Waals surface area (Å²) in [6.45, 7) is 17.7. The molecule has 0 spiro atoms. The largest absolute Gasteiger partial charge is 0.459 e. The van der Waals surface area contributed by atoms with Crippen molar-refractivity contribution < 1.29 is 66.9 Å². The minimum Gasteiger partial charge on any atom is -0.459 e. The van der Waals surface area contributed by atoms with Gasteiger partial charge < -0.3 is 52.6 Å². The topological polar surface area (TPSA) is 188 Å². The minimum atomic E-state index is -1.75. The molecular weight excluding hydrogens is 1010 g/mol. The summed E-state index contributed by atoms with van der Waals surface area (Å²) in [5.41, 5.74) is -1.66. The SMILES string of the molecule is CC[C@H]1OC(=O)[C@H](C)[C@@H](O[C@H]2C[C@@](C)(OC)[C@@H](OC(=O)c3ccccc3)[C@H](C)O2)[C@H](C)[C@@H](O[C@@H]2O[C@H](C)C[C@H](N(C)C)[C@H]2OC(=O)c2ccccc2)[C@](C)(OC/C=C/c2cnc3ccccc3c2)C[C@@H](C)C(=O)/C(C)=C/[C@]1(C)O. The van der Waals surface area contributed by atoms with Crippen LogP contribution in [-0.4, -0.2) is 145 Å². The van der Waals surface area contributed by atoms with Gasteiger partial charge in [-0.1, -0.05) is 87.5 Å². The molecule has 4 heterocycles. The van der Waals surface area contributed by atoms with Crippen LogP contribution in [0, 0.1) is 17.8 Å². The second-order valence-electron chi connectivity index (χ2n) is 22.7. The number of fused-ring (bicyclic) bond motifs is 1. The number of nitrogens with zero attached hydrogens (tertiary/aromatic N) is 2. The third-order valence-electron chi connectivity index (χ3n) is 16.0. The Morgan fingerprint density at radius 3 is 2.08 bits per heavy atom. The van der Waals surface area contributed by atoms with E-state index in [-0.39, 0.29) is 49.4 Å². The van der Waals surface area contributed by atoms with Crippen molar-refractivity contribution in [3.05, 3.63) is 132 Å². The second-order valence-corrected chi connectivity index (χ2v) is 22.7. The Balaban J connectivity index is 1.35. The number of para-hydroxylation sites is 1. The van der Waals surface area contributed by atoms with Crippen molar-refractivity contribution in [3.8, 4) is 0 Å². The molecule has 3 aliphatic heterocycles. The van der Waals surface area contributed by atoms with Crippen molar-refractivity contribution in [1.82, 2.24) is 9.88 Å². The van der Waals surface area contributed by atoms with Crippen molar-refractivity contribution >= 4 is 40.7 Å². The minimum absolute atomic E-state index is 0.0227. The predicted molar refractivity (Wildman–Crippen MR) is 299 cm³/mol. The molecule has 79 heavy (non-hydrogen) atoms. The Labute approximate surface area is 466 Å². The zero-order chi connectivity index (χ0) is 57.4. The van der Waals surface area contributed by atoms with Gasteiger partial charge in [-0.25, -0.2) is 9.59 Å². The Kier molecular flexibility index (Phi) is 20.3. The highest BCUT2D eigenvalue weighted by atomic mass is 16.7. The van der Waals surface area contributed by atoms with E-state index in [0.29, 0.717) is 17.5 Å². The lowest BCUT2D eigenvalue weighted by Gasteiger charge is -2.50. The molecule has 16 nitrogen and oxygen atoms in total. The van der Waals surface area contributed by atoms with Gasteiger partial charge in [-0.2, -0.15) is 0 Å². The molecule has 16 atom stereocenters. The summed E-state index contributed by atoms with van der Waals surface area (Å²) in [5, 5.41) is 13.0. The number of likely N-dealkylation sites (N-methyl/N-ethyl adjacent to an activating group) is 1. The van der Waals surface area contributed by atoms with E-state index in [1.54, 1.807) is 82.4 Å². The highest BCUT2D eigenvalue weighted by Crippen LogP contribution is 2.43. The number of carbonyl (C=O) groups excluding carboxylic acids is 4. The van der Waals surface area contributed by atoms with Gasteiger partial charge >= 0.3 is 17.9 Å². The van der Waals surface area contributed by atoms with E-state index in [1.807, 2.05) is 108 Å². The average molecular weight is 1090 g/mol. The third kappa shape index (κ3) is 14.6. The van der Waals surface area contributed by atoms with Gasteiger partial charge in [-0.05, 0) is 135 Å². The van der Waals surface area contributed by atoms with Gasteiger partial charge in [-0.3, -0.25) is 14.6 Å². The number of ether oxygens (including phenoxy) is 9. The van der Waals surface area contributed by atoms with Crippen LogP contribution in [0.4, 0.5) is 0 Å². The van der Waals surface area contributed by atoms with Crippen LogP contribution in [0.2, 0.25) is 0 Å². The lowest BCUT2D eigenvalue weighted by Crippen LogP contribution is -2.62. The number of Topliss-reactive ketones (excluding diaryl/α,β-unsaturated/α-hetero) is 1. The first kappa shape index (κ1) is 60.9. The quantitative estimate of drug-likeness (QED) is 0.0874. The normalized spacial score (nSPS) is 34.8. The molecule has 16 heteroatoms. The van der Waals surface area contributed by atoms with E-state index >= 15 is 0 Å². The highest BCUT2D eigenvalue weighted by molar-refractivity contribution is 5.96. The third-order valence-corrected chi connectivity index (χ3v) is 16.0. The summed E-state index contributed by atoms with van der Waals surface area (Å²) in [6.07, 6.45) is -0.822. The lowest BCUT2D eigenvalue weighted by molar-refractivity contribution is -0.319. The molecule has 0 unspecified atom stereocenters. The Hall–Kier alpha value is -5.69. The molecule has 7 rings (SSSR count). The highest BCUT2D eigenvalue weighted by Gasteiger charge is 2.54. The van der Waals surface area contributed by atoms with Crippen molar-refractivity contribution in [2.24, 2.45) is 17.8 Å². The number of methoxy groups -OCH3 is 1. The molecule has 4 aromatic rings. The molecule has 0 radical (unpaired) electrons. The number of esters is 3. The molecular formula is C63H82N2O14. The van der Waals surface area contributed by atoms with Crippen molar-refractivity contribution in [2.45, 2.75) is 173 Å². The first-order valence-corrected chi connectivity index (χ1v) is 27.6. The van der Waals surface area contributed by atoms with Gasteiger partial charge in [-0.15, -0.1) is 0 Å². The maximum absolute atomic E-state index is 14.9. The smallest absolute Gasteiger partial charge is 0.338 e. The standard InChI is InChI=1S/C63H82N2O14/c1-14-50-61(8,70)34-38(2)52(66)39(3)35-63(10,72-31-23-24-44-33-47-29-21-22-30-48(47)64-37-44)55(79-60-54(49(65(11)12)32-40(4)73-60)77-58(68)45-25-17-15-18-26-45)41(5)53(42(6)57(67)75-50)76-51-36-62(9,71-13)56(43(7)74-51)78-59(69)46-27-19-16-20-28-46/h15-30,33-34,37,39-43,49-51,53-56,60,70H,14,31-32,35-36H2,1-13H3/b24-23+,38-34+/t39-,40-,41+,42-,43+,49+,50-,51+,53+,54-,55-,56+,60+,61+,62-,63-/m1/s1. The molecule has 0 amide bonds. The van der Waals surface area contributed by atoms with Gasteiger partial charge in [0.25, 0.3) is 0 Å². The number of hydrogen-bond donors (Lipinski definition) is 1. The van der Waals surface area contributed by atoms with E-state index in [2.05, 4.69) is 4.98 Å². The number of aromatic nitrogens is 1. The van der Waals surface area contributed by atoms with Crippen LogP contribution in [0.5, 0.6) is 0 Å². The van der Waals surface area contributed by atoms with Crippen molar-refractivity contribution in [3.63, 3.8) is 0 Å². The Morgan fingerprint density at radius 2 is 1.44 bits per heavy atom. The van der Waals surface area contributed by atoms with Crippen LogP contribution in [0.15, 0.2) is 115 Å². The maximum Gasteiger partial charge on any atom is 0.338 e. The monoisotopic (exact) mass is 1090 g/mol. The number of cyclic esters (lactones) is 1. The van der Waals surface area contributed by atoms with Gasteiger partial charge in [0.2, 0.25) is 0 Å². The molecule has 0 saturated carbocycles. The fourth-order valence-electron chi connectivity index (χ4n) is 11.7.